The zero-order chi connectivity index (χ0) is 9.42. The molecule has 1 aromatic rings. The lowest BCUT2D eigenvalue weighted by atomic mass is 10.00. The van der Waals surface area contributed by atoms with Crippen LogP contribution in [-0.4, -0.2) is 11.9 Å². The number of amides is 1. The lowest BCUT2D eigenvalue weighted by Crippen LogP contribution is -2.41. The van der Waals surface area contributed by atoms with E-state index in [0.29, 0.717) is 12.1 Å². The molecule has 1 aromatic carbocycles. The zero-order valence-electron chi connectivity index (χ0n) is 6.88. The van der Waals surface area contributed by atoms with E-state index in [1.807, 2.05) is 0 Å². The van der Waals surface area contributed by atoms with Gasteiger partial charge < -0.3 is 11.1 Å². The van der Waals surface area contributed by atoms with Crippen molar-refractivity contribution in [3.05, 3.63) is 29.6 Å². The summed E-state index contributed by atoms with van der Waals surface area (Å²) in [6, 6.07) is 3.70. The molecule has 1 atom stereocenters. The maximum atomic E-state index is 12.8. The van der Waals surface area contributed by atoms with Gasteiger partial charge in [-0.3, -0.25) is 4.79 Å². The standard InChI is InChI=1S/C9H9FN2O/c10-6-1-2-8-5(3-6)4-7(11)9(13)12-8/h1-3,7H,4,11H2,(H,12,13). The Labute approximate surface area is 74.7 Å². The van der Waals surface area contributed by atoms with Gasteiger partial charge in [0.25, 0.3) is 0 Å². The highest BCUT2D eigenvalue weighted by Crippen LogP contribution is 2.22. The Kier molecular flexibility index (Phi) is 1.77. The largest absolute Gasteiger partial charge is 0.324 e. The predicted molar refractivity (Wildman–Crippen MR) is 46.7 cm³/mol. The van der Waals surface area contributed by atoms with Gasteiger partial charge in [0, 0.05) is 5.69 Å². The van der Waals surface area contributed by atoms with Crippen molar-refractivity contribution in [1.82, 2.24) is 0 Å². The number of nitrogens with one attached hydrogen (secondary N) is 1. The van der Waals surface area contributed by atoms with E-state index in [9.17, 15) is 9.18 Å². The fourth-order valence-electron chi connectivity index (χ4n) is 1.41. The highest BCUT2D eigenvalue weighted by atomic mass is 19.1. The molecule has 0 spiro atoms. The van der Waals surface area contributed by atoms with Gasteiger partial charge in [0.1, 0.15) is 5.82 Å². The zero-order valence-corrected chi connectivity index (χ0v) is 6.88. The molecule has 0 fully saturated rings. The Balaban J connectivity index is 2.42. The number of halogens is 1. The average Bonchev–Trinajstić information content (AvgIpc) is 2.08. The lowest BCUT2D eigenvalue weighted by Gasteiger charge is -2.21. The Bertz CT molecular complexity index is 365. The number of benzene rings is 1. The van der Waals surface area contributed by atoms with Crippen molar-refractivity contribution < 1.29 is 9.18 Å². The van der Waals surface area contributed by atoms with Gasteiger partial charge in [-0.25, -0.2) is 4.39 Å². The van der Waals surface area contributed by atoms with Gasteiger partial charge in [-0.1, -0.05) is 0 Å². The summed E-state index contributed by atoms with van der Waals surface area (Å²) < 4.78 is 12.8. The van der Waals surface area contributed by atoms with E-state index in [4.69, 9.17) is 5.73 Å². The number of rotatable bonds is 0. The van der Waals surface area contributed by atoms with Crippen molar-refractivity contribution in [3.8, 4) is 0 Å². The smallest absolute Gasteiger partial charge is 0.241 e. The van der Waals surface area contributed by atoms with Gasteiger partial charge in [0.05, 0.1) is 6.04 Å². The van der Waals surface area contributed by atoms with E-state index in [0.717, 1.165) is 5.56 Å². The van der Waals surface area contributed by atoms with Crippen molar-refractivity contribution in [2.45, 2.75) is 12.5 Å². The molecule has 0 saturated heterocycles. The first-order valence-corrected chi connectivity index (χ1v) is 4.01. The first-order chi connectivity index (χ1) is 6.16. The molecule has 68 valence electrons. The second-order valence-corrected chi connectivity index (χ2v) is 3.10. The first kappa shape index (κ1) is 8.19. The van der Waals surface area contributed by atoms with Crippen LogP contribution >= 0.6 is 0 Å². The maximum Gasteiger partial charge on any atom is 0.241 e. The summed E-state index contributed by atoms with van der Waals surface area (Å²) >= 11 is 0. The van der Waals surface area contributed by atoms with Crippen LogP contribution in [0.2, 0.25) is 0 Å². The van der Waals surface area contributed by atoms with Gasteiger partial charge in [-0.15, -0.1) is 0 Å². The molecule has 1 aliphatic heterocycles. The quantitative estimate of drug-likeness (QED) is 0.615. The van der Waals surface area contributed by atoms with Crippen LogP contribution in [0.1, 0.15) is 5.56 Å². The normalized spacial score (nSPS) is 20.8. The van der Waals surface area contributed by atoms with Crippen LogP contribution in [0.3, 0.4) is 0 Å². The van der Waals surface area contributed by atoms with Crippen molar-refractivity contribution in [3.63, 3.8) is 0 Å². The van der Waals surface area contributed by atoms with Gasteiger partial charge in [-0.05, 0) is 30.2 Å². The number of nitrogens with two attached hydrogens (primary N) is 1. The summed E-state index contributed by atoms with van der Waals surface area (Å²) in [6.45, 7) is 0. The molecule has 1 aliphatic rings. The molecular weight excluding hydrogens is 171 g/mol. The molecule has 0 aliphatic carbocycles. The monoisotopic (exact) mass is 180 g/mol. The van der Waals surface area contributed by atoms with Crippen LogP contribution < -0.4 is 11.1 Å². The molecule has 3 nitrogen and oxygen atoms in total. The first-order valence-electron chi connectivity index (χ1n) is 4.01. The third kappa shape index (κ3) is 1.40. The molecule has 1 heterocycles. The molecule has 0 bridgehead atoms. The molecule has 4 heteroatoms. The second kappa shape index (κ2) is 2.81. The molecule has 3 N–H and O–H groups in total. The van der Waals surface area contributed by atoms with Crippen LogP contribution in [0.5, 0.6) is 0 Å². The van der Waals surface area contributed by atoms with E-state index in [1.54, 1.807) is 6.07 Å². The molecule has 1 unspecified atom stereocenters. The minimum Gasteiger partial charge on any atom is -0.324 e. The van der Waals surface area contributed by atoms with Crippen molar-refractivity contribution >= 4 is 11.6 Å². The van der Waals surface area contributed by atoms with E-state index in [1.165, 1.54) is 12.1 Å². The molecule has 13 heavy (non-hydrogen) atoms. The predicted octanol–water partition coefficient (Wildman–Crippen LogP) is 0.648. The van der Waals surface area contributed by atoms with Gasteiger partial charge >= 0.3 is 0 Å². The molecule has 2 rings (SSSR count). The summed E-state index contributed by atoms with van der Waals surface area (Å²) in [6.07, 6.45) is 0.402. The summed E-state index contributed by atoms with van der Waals surface area (Å²) in [5.74, 6) is -0.513. The number of fused-ring (bicyclic) bond motifs is 1. The third-order valence-corrected chi connectivity index (χ3v) is 2.10. The minimum atomic E-state index is -0.561. The average molecular weight is 180 g/mol. The minimum absolute atomic E-state index is 0.209. The van der Waals surface area contributed by atoms with Gasteiger partial charge in [-0.2, -0.15) is 0 Å². The van der Waals surface area contributed by atoms with E-state index >= 15 is 0 Å². The summed E-state index contributed by atoms with van der Waals surface area (Å²) in [4.78, 5) is 11.1. The SMILES string of the molecule is NC1Cc2cc(F)ccc2NC1=O. The summed E-state index contributed by atoms with van der Waals surface area (Å²) in [7, 11) is 0. The van der Waals surface area contributed by atoms with Crippen LogP contribution in [0.15, 0.2) is 18.2 Å². The molecule has 0 saturated carbocycles. The van der Waals surface area contributed by atoms with E-state index < -0.39 is 6.04 Å². The second-order valence-electron chi connectivity index (χ2n) is 3.10. The van der Waals surface area contributed by atoms with Crippen LogP contribution in [0.4, 0.5) is 10.1 Å². The number of carbonyl (C=O) groups is 1. The summed E-state index contributed by atoms with van der Waals surface area (Å²) in [5.41, 5.74) is 6.93. The van der Waals surface area contributed by atoms with E-state index in [2.05, 4.69) is 5.32 Å². The Morgan fingerprint density at radius 1 is 1.54 bits per heavy atom. The molecule has 0 aromatic heterocycles. The number of hydrogen-bond acceptors (Lipinski definition) is 2. The number of carbonyl (C=O) groups excluding carboxylic acids is 1. The Morgan fingerprint density at radius 3 is 3.08 bits per heavy atom. The van der Waals surface area contributed by atoms with E-state index in [-0.39, 0.29) is 11.7 Å². The van der Waals surface area contributed by atoms with Gasteiger partial charge in [0.15, 0.2) is 0 Å². The molecule has 1 amide bonds. The van der Waals surface area contributed by atoms with Crippen molar-refractivity contribution in [2.24, 2.45) is 5.73 Å². The summed E-state index contributed by atoms with van der Waals surface area (Å²) in [5, 5.41) is 2.61. The van der Waals surface area contributed by atoms with Crippen LogP contribution in [0.25, 0.3) is 0 Å². The lowest BCUT2D eigenvalue weighted by molar-refractivity contribution is -0.117. The van der Waals surface area contributed by atoms with Crippen molar-refractivity contribution in [1.29, 1.82) is 0 Å². The third-order valence-electron chi connectivity index (χ3n) is 2.10. The Morgan fingerprint density at radius 2 is 2.31 bits per heavy atom. The fourth-order valence-corrected chi connectivity index (χ4v) is 1.41. The van der Waals surface area contributed by atoms with Crippen molar-refractivity contribution in [2.75, 3.05) is 5.32 Å². The van der Waals surface area contributed by atoms with Gasteiger partial charge in [0.2, 0.25) is 5.91 Å². The topological polar surface area (TPSA) is 55.1 Å². The highest BCUT2D eigenvalue weighted by molar-refractivity contribution is 5.97. The Hall–Kier alpha value is -1.42. The number of anilines is 1. The molecule has 0 radical (unpaired) electrons. The van der Waals surface area contributed by atoms with Crippen LogP contribution in [-0.2, 0) is 11.2 Å². The molecular formula is C9H9FN2O. The highest BCUT2D eigenvalue weighted by Gasteiger charge is 2.22. The maximum absolute atomic E-state index is 12.8. The van der Waals surface area contributed by atoms with Crippen LogP contribution in [0, 0.1) is 5.82 Å². The fraction of sp³-hybridized carbons (Fsp3) is 0.222. The number of hydrogen-bond donors (Lipinski definition) is 2.